The van der Waals surface area contributed by atoms with Crippen LogP contribution in [0.25, 0.3) is 0 Å². The lowest BCUT2D eigenvalue weighted by Crippen LogP contribution is -2.45. The average Bonchev–Trinajstić information content (AvgIpc) is 2.56. The third-order valence-corrected chi connectivity index (χ3v) is 3.50. The molecule has 6 heteroatoms. The van der Waals surface area contributed by atoms with E-state index in [2.05, 4.69) is 48.5 Å². The van der Waals surface area contributed by atoms with E-state index in [4.69, 9.17) is 9.47 Å². The SMILES string of the molecule is CCNC(=NCc1ccc(OCC(C)C)cc1)NCC(C)(C)OC.I. The Labute approximate surface area is 170 Å². The summed E-state index contributed by atoms with van der Waals surface area (Å²) in [6, 6.07) is 8.12. The minimum Gasteiger partial charge on any atom is -0.493 e. The van der Waals surface area contributed by atoms with Crippen LogP contribution in [-0.4, -0.2) is 38.4 Å². The Morgan fingerprint density at radius 1 is 1.16 bits per heavy atom. The summed E-state index contributed by atoms with van der Waals surface area (Å²) in [7, 11) is 1.72. The minimum atomic E-state index is -0.231. The first-order valence-corrected chi connectivity index (χ1v) is 8.65. The van der Waals surface area contributed by atoms with Crippen LogP contribution in [0.1, 0.15) is 40.2 Å². The molecule has 0 bridgehead atoms. The molecule has 0 aliphatic heterocycles. The predicted molar refractivity (Wildman–Crippen MR) is 116 cm³/mol. The van der Waals surface area contributed by atoms with E-state index in [1.807, 2.05) is 26.0 Å². The van der Waals surface area contributed by atoms with Crippen molar-refractivity contribution in [3.8, 4) is 5.75 Å². The number of ether oxygens (including phenoxy) is 2. The van der Waals surface area contributed by atoms with Gasteiger partial charge in [-0.1, -0.05) is 26.0 Å². The summed E-state index contributed by atoms with van der Waals surface area (Å²) in [6.07, 6.45) is 0. The normalized spacial score (nSPS) is 11.9. The Bertz CT molecular complexity index is 502. The second-order valence-electron chi connectivity index (χ2n) is 6.86. The molecule has 0 aromatic heterocycles. The number of nitrogens with one attached hydrogen (secondary N) is 2. The molecule has 1 rings (SSSR count). The maximum absolute atomic E-state index is 5.70. The van der Waals surface area contributed by atoms with Gasteiger partial charge in [-0.25, -0.2) is 4.99 Å². The first-order chi connectivity index (χ1) is 11.4. The first kappa shape index (κ1) is 24.0. The van der Waals surface area contributed by atoms with Gasteiger partial charge in [0.2, 0.25) is 0 Å². The number of methoxy groups -OCH3 is 1. The van der Waals surface area contributed by atoms with Crippen molar-refractivity contribution in [1.29, 1.82) is 0 Å². The monoisotopic (exact) mass is 463 g/mol. The maximum Gasteiger partial charge on any atom is 0.191 e. The lowest BCUT2D eigenvalue weighted by Gasteiger charge is -2.24. The van der Waals surface area contributed by atoms with Crippen molar-refractivity contribution >= 4 is 29.9 Å². The number of rotatable bonds is 9. The zero-order chi connectivity index (χ0) is 18.0. The van der Waals surface area contributed by atoms with E-state index in [0.29, 0.717) is 19.0 Å². The first-order valence-electron chi connectivity index (χ1n) is 8.65. The van der Waals surface area contributed by atoms with Gasteiger partial charge in [0, 0.05) is 20.2 Å². The summed E-state index contributed by atoms with van der Waals surface area (Å²) in [5.41, 5.74) is 0.918. The van der Waals surface area contributed by atoms with Crippen LogP contribution in [0.2, 0.25) is 0 Å². The average molecular weight is 463 g/mol. The molecule has 0 atom stereocenters. The molecule has 0 spiro atoms. The molecule has 0 saturated heterocycles. The van der Waals surface area contributed by atoms with Crippen molar-refractivity contribution in [3.63, 3.8) is 0 Å². The van der Waals surface area contributed by atoms with Gasteiger partial charge < -0.3 is 20.1 Å². The second-order valence-corrected chi connectivity index (χ2v) is 6.86. The predicted octanol–water partition coefficient (Wildman–Crippen LogP) is 3.82. The Balaban J connectivity index is 0.00000576. The van der Waals surface area contributed by atoms with E-state index < -0.39 is 0 Å². The number of guanidine groups is 1. The second kappa shape index (κ2) is 12.4. The molecule has 25 heavy (non-hydrogen) atoms. The van der Waals surface area contributed by atoms with Gasteiger partial charge in [-0.15, -0.1) is 24.0 Å². The molecule has 0 fully saturated rings. The van der Waals surface area contributed by atoms with Crippen molar-refractivity contribution in [2.45, 2.75) is 46.8 Å². The number of benzene rings is 1. The molecule has 144 valence electrons. The molecule has 0 heterocycles. The standard InChI is InChI=1S/C19H33N3O2.HI/c1-7-20-18(22-14-19(4,5)23-6)21-12-16-8-10-17(11-9-16)24-13-15(2)3;/h8-11,15H,7,12-14H2,1-6H3,(H2,20,21,22);1H. The molecule has 1 aromatic rings. The zero-order valence-electron chi connectivity index (χ0n) is 16.4. The van der Waals surface area contributed by atoms with Gasteiger partial charge in [-0.2, -0.15) is 0 Å². The summed E-state index contributed by atoms with van der Waals surface area (Å²) >= 11 is 0. The van der Waals surface area contributed by atoms with E-state index in [9.17, 15) is 0 Å². The molecule has 0 unspecified atom stereocenters. The van der Waals surface area contributed by atoms with Crippen LogP contribution >= 0.6 is 24.0 Å². The molecule has 5 nitrogen and oxygen atoms in total. The molecule has 0 amide bonds. The molecule has 0 saturated carbocycles. The number of aliphatic imine (C=N–C) groups is 1. The summed E-state index contributed by atoms with van der Waals surface area (Å²) in [5, 5.41) is 6.57. The number of nitrogens with zero attached hydrogens (tertiary/aromatic N) is 1. The van der Waals surface area contributed by atoms with Gasteiger partial charge in [0.1, 0.15) is 5.75 Å². The highest BCUT2D eigenvalue weighted by atomic mass is 127. The Kier molecular flexibility index (Phi) is 11.8. The van der Waals surface area contributed by atoms with Gasteiger partial charge in [-0.3, -0.25) is 0 Å². The molecule has 2 N–H and O–H groups in total. The quantitative estimate of drug-likeness (QED) is 0.332. The molecular formula is C19H34IN3O2. The highest BCUT2D eigenvalue weighted by molar-refractivity contribution is 14.0. The Morgan fingerprint density at radius 3 is 2.32 bits per heavy atom. The third-order valence-electron chi connectivity index (χ3n) is 3.50. The van der Waals surface area contributed by atoms with Crippen LogP contribution in [0.4, 0.5) is 0 Å². The van der Waals surface area contributed by atoms with E-state index in [-0.39, 0.29) is 29.6 Å². The van der Waals surface area contributed by atoms with Crippen molar-refractivity contribution in [3.05, 3.63) is 29.8 Å². The van der Waals surface area contributed by atoms with Crippen molar-refractivity contribution in [2.24, 2.45) is 10.9 Å². The van der Waals surface area contributed by atoms with Gasteiger partial charge in [0.25, 0.3) is 0 Å². The Hall–Kier alpha value is -1.02. The molecule has 0 aliphatic carbocycles. The van der Waals surface area contributed by atoms with Gasteiger partial charge in [0.05, 0.1) is 18.8 Å². The van der Waals surface area contributed by atoms with Gasteiger partial charge >= 0.3 is 0 Å². The summed E-state index contributed by atoms with van der Waals surface area (Å²) in [5.74, 6) is 2.23. The van der Waals surface area contributed by atoms with E-state index in [1.165, 1.54) is 0 Å². The minimum absolute atomic E-state index is 0. The van der Waals surface area contributed by atoms with Gasteiger partial charge in [-0.05, 0) is 44.4 Å². The van der Waals surface area contributed by atoms with Crippen LogP contribution in [0.3, 0.4) is 0 Å². The van der Waals surface area contributed by atoms with Crippen molar-refractivity contribution in [1.82, 2.24) is 10.6 Å². The van der Waals surface area contributed by atoms with Crippen molar-refractivity contribution < 1.29 is 9.47 Å². The van der Waals surface area contributed by atoms with Crippen LogP contribution < -0.4 is 15.4 Å². The summed E-state index contributed by atoms with van der Waals surface area (Å²) in [4.78, 5) is 4.62. The summed E-state index contributed by atoms with van der Waals surface area (Å²) < 4.78 is 11.1. The van der Waals surface area contributed by atoms with E-state index in [1.54, 1.807) is 7.11 Å². The largest absolute Gasteiger partial charge is 0.493 e. The lowest BCUT2D eigenvalue weighted by molar-refractivity contribution is 0.0268. The molecule has 0 radical (unpaired) electrons. The van der Waals surface area contributed by atoms with Crippen LogP contribution in [0.5, 0.6) is 5.75 Å². The number of hydrogen-bond donors (Lipinski definition) is 2. The summed E-state index contributed by atoms with van der Waals surface area (Å²) in [6.45, 7) is 13.3. The zero-order valence-corrected chi connectivity index (χ0v) is 18.7. The molecule has 0 aliphatic rings. The highest BCUT2D eigenvalue weighted by Crippen LogP contribution is 2.14. The van der Waals surface area contributed by atoms with E-state index in [0.717, 1.165) is 30.4 Å². The lowest BCUT2D eigenvalue weighted by atomic mass is 10.1. The smallest absolute Gasteiger partial charge is 0.191 e. The van der Waals surface area contributed by atoms with Crippen LogP contribution in [0.15, 0.2) is 29.3 Å². The maximum atomic E-state index is 5.70. The topological polar surface area (TPSA) is 54.9 Å². The molecular weight excluding hydrogens is 429 g/mol. The third kappa shape index (κ3) is 10.5. The fourth-order valence-electron chi connectivity index (χ4n) is 1.83. The number of hydrogen-bond acceptors (Lipinski definition) is 3. The Morgan fingerprint density at radius 2 is 1.80 bits per heavy atom. The fraction of sp³-hybridized carbons (Fsp3) is 0.632. The van der Waals surface area contributed by atoms with E-state index >= 15 is 0 Å². The van der Waals surface area contributed by atoms with Crippen LogP contribution in [0, 0.1) is 5.92 Å². The van der Waals surface area contributed by atoms with Crippen molar-refractivity contribution in [2.75, 3.05) is 26.8 Å². The number of halogens is 1. The fourth-order valence-corrected chi connectivity index (χ4v) is 1.83. The highest BCUT2D eigenvalue weighted by Gasteiger charge is 2.16. The van der Waals surface area contributed by atoms with Gasteiger partial charge in [0.15, 0.2) is 5.96 Å². The molecule has 1 aromatic carbocycles. The van der Waals surface area contributed by atoms with Crippen LogP contribution in [-0.2, 0) is 11.3 Å².